The number of thioether (sulfide) groups is 1. The Morgan fingerprint density at radius 2 is 2.17 bits per heavy atom. The molecule has 64 valence electrons. The maximum atomic E-state index is 12.8. The molecule has 1 aromatic rings. The van der Waals surface area contributed by atoms with Crippen LogP contribution in [-0.2, 0) is 0 Å². The molecule has 0 saturated heterocycles. The van der Waals surface area contributed by atoms with Crippen molar-refractivity contribution in [1.29, 1.82) is 0 Å². The Hall–Kier alpha value is -0.960. The Morgan fingerprint density at radius 1 is 1.50 bits per heavy atom. The molecule has 1 unspecified atom stereocenters. The minimum atomic E-state index is -1.09. The Bertz CT molecular complexity index is 275. The second kappa shape index (κ2) is 4.16. The Balaban J connectivity index is 2.75. The standard InChI is InChI=1S/C9H10FNS/c1-2-9(10)12-8-6-4-3-5-7(8)11/h2-6,9H,1,11H2. The number of para-hydroxylation sites is 1. The number of halogens is 1. The third kappa shape index (κ3) is 2.27. The zero-order valence-corrected chi connectivity index (χ0v) is 7.35. The third-order valence-electron chi connectivity index (χ3n) is 1.34. The molecule has 0 radical (unpaired) electrons. The molecule has 0 aliphatic heterocycles. The molecule has 2 N–H and O–H groups in total. The second-order valence-electron chi connectivity index (χ2n) is 2.24. The van der Waals surface area contributed by atoms with Crippen LogP contribution in [0.25, 0.3) is 0 Å². The molecule has 3 heteroatoms. The van der Waals surface area contributed by atoms with Crippen LogP contribution in [0.5, 0.6) is 0 Å². The highest BCUT2D eigenvalue weighted by atomic mass is 32.2. The molecule has 0 bridgehead atoms. The van der Waals surface area contributed by atoms with Crippen molar-refractivity contribution in [2.24, 2.45) is 0 Å². The highest BCUT2D eigenvalue weighted by Crippen LogP contribution is 2.29. The van der Waals surface area contributed by atoms with Gasteiger partial charge in [-0.25, -0.2) is 4.39 Å². The summed E-state index contributed by atoms with van der Waals surface area (Å²) in [5.74, 6) is 0. The summed E-state index contributed by atoms with van der Waals surface area (Å²) >= 11 is 1.06. The first-order chi connectivity index (χ1) is 5.74. The molecule has 0 heterocycles. The average molecular weight is 183 g/mol. The lowest BCUT2D eigenvalue weighted by Crippen LogP contribution is -1.91. The maximum Gasteiger partial charge on any atom is 0.168 e. The lowest BCUT2D eigenvalue weighted by atomic mass is 10.3. The van der Waals surface area contributed by atoms with Crippen LogP contribution < -0.4 is 5.73 Å². The van der Waals surface area contributed by atoms with Gasteiger partial charge in [-0.2, -0.15) is 0 Å². The molecule has 0 aliphatic carbocycles. The summed E-state index contributed by atoms with van der Waals surface area (Å²) in [6, 6.07) is 7.18. The SMILES string of the molecule is C=CC(F)Sc1ccccc1N. The van der Waals surface area contributed by atoms with Gasteiger partial charge in [-0.3, -0.25) is 0 Å². The molecular formula is C9H10FNS. The van der Waals surface area contributed by atoms with Gasteiger partial charge in [-0.15, -0.1) is 0 Å². The fourth-order valence-corrected chi connectivity index (χ4v) is 1.46. The van der Waals surface area contributed by atoms with Crippen LogP contribution in [0.1, 0.15) is 0 Å². The van der Waals surface area contributed by atoms with Gasteiger partial charge in [-0.1, -0.05) is 30.5 Å². The van der Waals surface area contributed by atoms with Crippen molar-refractivity contribution in [3.05, 3.63) is 36.9 Å². The van der Waals surface area contributed by atoms with Crippen LogP contribution in [0.4, 0.5) is 10.1 Å². The third-order valence-corrected chi connectivity index (χ3v) is 2.39. The van der Waals surface area contributed by atoms with E-state index in [1.807, 2.05) is 12.1 Å². The summed E-state index contributed by atoms with van der Waals surface area (Å²) in [7, 11) is 0. The fraction of sp³-hybridized carbons (Fsp3) is 0.111. The zero-order valence-electron chi connectivity index (χ0n) is 6.53. The molecule has 1 rings (SSSR count). The van der Waals surface area contributed by atoms with Crippen LogP contribution in [0.15, 0.2) is 41.8 Å². The number of nitrogen functional groups attached to an aromatic ring is 1. The quantitative estimate of drug-likeness (QED) is 0.443. The van der Waals surface area contributed by atoms with Gasteiger partial charge in [0, 0.05) is 10.6 Å². The largest absolute Gasteiger partial charge is 0.398 e. The first-order valence-electron chi connectivity index (χ1n) is 3.52. The van der Waals surface area contributed by atoms with Crippen LogP contribution in [0.3, 0.4) is 0 Å². The molecule has 0 aromatic heterocycles. The minimum Gasteiger partial charge on any atom is -0.398 e. The number of rotatable bonds is 3. The summed E-state index contributed by atoms with van der Waals surface area (Å²) in [5.41, 5.74) is 5.12. The smallest absolute Gasteiger partial charge is 0.168 e. The molecule has 1 atom stereocenters. The van der Waals surface area contributed by atoms with Crippen molar-refractivity contribution >= 4 is 17.4 Å². The summed E-state index contributed by atoms with van der Waals surface area (Å²) in [5, 5.41) is 0. The van der Waals surface area contributed by atoms with E-state index >= 15 is 0 Å². The summed E-state index contributed by atoms with van der Waals surface area (Å²) in [4.78, 5) is 0.755. The monoisotopic (exact) mass is 183 g/mol. The van der Waals surface area contributed by atoms with E-state index in [1.165, 1.54) is 6.08 Å². The number of anilines is 1. The van der Waals surface area contributed by atoms with E-state index in [0.717, 1.165) is 16.7 Å². The van der Waals surface area contributed by atoms with Crippen LogP contribution in [-0.4, -0.2) is 5.50 Å². The van der Waals surface area contributed by atoms with Crippen molar-refractivity contribution in [3.8, 4) is 0 Å². The summed E-state index contributed by atoms with van der Waals surface area (Å²) in [6.07, 6.45) is 1.25. The first kappa shape index (κ1) is 9.13. The maximum absolute atomic E-state index is 12.8. The molecule has 0 fully saturated rings. The summed E-state index contributed by atoms with van der Waals surface area (Å²) in [6.45, 7) is 3.35. The normalized spacial score (nSPS) is 12.4. The minimum absolute atomic E-state index is 0.604. The van der Waals surface area contributed by atoms with Gasteiger partial charge in [0.15, 0.2) is 5.50 Å². The Labute approximate surface area is 75.5 Å². The number of benzene rings is 1. The average Bonchev–Trinajstić information content (AvgIpc) is 2.09. The van der Waals surface area contributed by atoms with Crippen LogP contribution in [0.2, 0.25) is 0 Å². The van der Waals surface area contributed by atoms with E-state index in [1.54, 1.807) is 12.1 Å². The van der Waals surface area contributed by atoms with Crippen molar-refractivity contribution in [1.82, 2.24) is 0 Å². The molecule has 0 saturated carbocycles. The molecule has 1 nitrogen and oxygen atoms in total. The van der Waals surface area contributed by atoms with Crippen molar-refractivity contribution in [2.75, 3.05) is 5.73 Å². The van der Waals surface area contributed by atoms with E-state index < -0.39 is 5.50 Å². The Kier molecular flexibility index (Phi) is 3.17. The van der Waals surface area contributed by atoms with E-state index in [-0.39, 0.29) is 0 Å². The molecule has 0 spiro atoms. The van der Waals surface area contributed by atoms with E-state index in [2.05, 4.69) is 6.58 Å². The number of hydrogen-bond acceptors (Lipinski definition) is 2. The topological polar surface area (TPSA) is 26.0 Å². The summed E-state index contributed by atoms with van der Waals surface area (Å²) < 4.78 is 12.8. The molecule has 0 aliphatic rings. The fourth-order valence-electron chi connectivity index (χ4n) is 0.757. The van der Waals surface area contributed by atoms with E-state index in [0.29, 0.717) is 5.69 Å². The van der Waals surface area contributed by atoms with Gasteiger partial charge in [0.25, 0.3) is 0 Å². The van der Waals surface area contributed by atoms with Crippen LogP contribution in [0, 0.1) is 0 Å². The van der Waals surface area contributed by atoms with Gasteiger partial charge < -0.3 is 5.73 Å². The predicted molar refractivity (Wildman–Crippen MR) is 51.8 cm³/mol. The lowest BCUT2D eigenvalue weighted by molar-refractivity contribution is 0.521. The van der Waals surface area contributed by atoms with Gasteiger partial charge in [0.05, 0.1) is 0 Å². The first-order valence-corrected chi connectivity index (χ1v) is 4.40. The van der Waals surface area contributed by atoms with E-state index in [9.17, 15) is 4.39 Å². The van der Waals surface area contributed by atoms with Gasteiger partial charge in [0.2, 0.25) is 0 Å². The Morgan fingerprint density at radius 3 is 2.75 bits per heavy atom. The molecular weight excluding hydrogens is 173 g/mol. The lowest BCUT2D eigenvalue weighted by Gasteiger charge is -2.04. The van der Waals surface area contributed by atoms with E-state index in [4.69, 9.17) is 5.73 Å². The van der Waals surface area contributed by atoms with Crippen molar-refractivity contribution in [2.45, 2.75) is 10.4 Å². The van der Waals surface area contributed by atoms with Crippen molar-refractivity contribution in [3.63, 3.8) is 0 Å². The zero-order chi connectivity index (χ0) is 8.97. The van der Waals surface area contributed by atoms with Crippen LogP contribution >= 0.6 is 11.8 Å². The number of alkyl halides is 1. The highest BCUT2D eigenvalue weighted by molar-refractivity contribution is 8.00. The molecule has 1 aromatic carbocycles. The van der Waals surface area contributed by atoms with Gasteiger partial charge >= 0.3 is 0 Å². The van der Waals surface area contributed by atoms with Gasteiger partial charge in [-0.05, 0) is 18.2 Å². The number of hydrogen-bond donors (Lipinski definition) is 1. The van der Waals surface area contributed by atoms with Gasteiger partial charge in [0.1, 0.15) is 0 Å². The predicted octanol–water partition coefficient (Wildman–Crippen LogP) is 2.84. The number of nitrogens with two attached hydrogens (primary N) is 1. The molecule has 0 amide bonds. The second-order valence-corrected chi connectivity index (χ2v) is 3.37. The van der Waals surface area contributed by atoms with Crippen molar-refractivity contribution < 1.29 is 4.39 Å². The molecule has 12 heavy (non-hydrogen) atoms. The highest BCUT2D eigenvalue weighted by Gasteiger charge is 2.04.